The molecule has 1 atom stereocenters. The van der Waals surface area contributed by atoms with Gasteiger partial charge in [-0.05, 0) is 25.3 Å². The molecule has 1 saturated carbocycles. The number of aliphatic carboxylic acids is 1. The minimum absolute atomic E-state index is 0.0429. The van der Waals surface area contributed by atoms with Crippen molar-refractivity contribution in [2.45, 2.75) is 37.8 Å². The van der Waals surface area contributed by atoms with E-state index in [4.69, 9.17) is 20.3 Å². The molecule has 0 aromatic heterocycles. The minimum atomic E-state index is -0.844. The summed E-state index contributed by atoms with van der Waals surface area (Å²) in [6.45, 7) is 0. The first-order valence-corrected chi connectivity index (χ1v) is 6.42. The van der Waals surface area contributed by atoms with Crippen LogP contribution in [-0.2, 0) is 4.79 Å². The van der Waals surface area contributed by atoms with Crippen molar-refractivity contribution in [3.05, 3.63) is 23.8 Å². The standard InChI is InChI=1S/C14H19NO4/c1-18-12-4-2-3-10(11(15)7-8-13(16)17)14(12)19-9-5-6-9/h2-4,9,11H,5-8,15H2,1H3,(H,16,17). The Bertz CT molecular complexity index is 457. The number of rotatable bonds is 7. The number of carboxylic acid groups (broad SMARTS) is 1. The number of para-hydroxylation sites is 1. The fraction of sp³-hybridized carbons (Fsp3) is 0.500. The van der Waals surface area contributed by atoms with E-state index in [0.29, 0.717) is 17.9 Å². The number of carboxylic acids is 1. The number of carbonyl (C=O) groups is 1. The van der Waals surface area contributed by atoms with Gasteiger partial charge in [-0.25, -0.2) is 0 Å². The van der Waals surface area contributed by atoms with Gasteiger partial charge in [0.2, 0.25) is 0 Å². The Kier molecular flexibility index (Phi) is 4.27. The van der Waals surface area contributed by atoms with E-state index in [-0.39, 0.29) is 18.6 Å². The molecule has 0 saturated heterocycles. The van der Waals surface area contributed by atoms with Crippen molar-refractivity contribution in [2.24, 2.45) is 5.73 Å². The molecule has 5 nitrogen and oxygen atoms in total. The van der Waals surface area contributed by atoms with E-state index in [0.717, 1.165) is 18.4 Å². The summed E-state index contributed by atoms with van der Waals surface area (Å²) in [4.78, 5) is 10.6. The van der Waals surface area contributed by atoms with Gasteiger partial charge < -0.3 is 20.3 Å². The van der Waals surface area contributed by atoms with Crippen LogP contribution in [0.15, 0.2) is 18.2 Å². The summed E-state index contributed by atoms with van der Waals surface area (Å²) in [6.07, 6.45) is 2.75. The van der Waals surface area contributed by atoms with Crippen molar-refractivity contribution in [3.63, 3.8) is 0 Å². The Morgan fingerprint density at radius 3 is 2.84 bits per heavy atom. The van der Waals surface area contributed by atoms with Crippen molar-refractivity contribution < 1.29 is 19.4 Å². The third-order valence-electron chi connectivity index (χ3n) is 3.11. The van der Waals surface area contributed by atoms with Gasteiger partial charge in [-0.2, -0.15) is 0 Å². The summed E-state index contributed by atoms with van der Waals surface area (Å²) in [7, 11) is 1.58. The van der Waals surface area contributed by atoms with E-state index in [1.165, 1.54) is 0 Å². The van der Waals surface area contributed by atoms with Gasteiger partial charge in [-0.15, -0.1) is 0 Å². The molecule has 19 heavy (non-hydrogen) atoms. The molecule has 3 N–H and O–H groups in total. The largest absolute Gasteiger partial charge is 0.493 e. The van der Waals surface area contributed by atoms with E-state index in [2.05, 4.69) is 0 Å². The molecule has 0 amide bonds. The van der Waals surface area contributed by atoms with Crippen LogP contribution in [-0.4, -0.2) is 24.3 Å². The third-order valence-corrected chi connectivity index (χ3v) is 3.11. The molecule has 0 radical (unpaired) electrons. The molecule has 5 heteroatoms. The van der Waals surface area contributed by atoms with Crippen LogP contribution in [0.4, 0.5) is 0 Å². The summed E-state index contributed by atoms with van der Waals surface area (Å²) in [5.74, 6) is 0.462. The lowest BCUT2D eigenvalue weighted by Crippen LogP contribution is -2.14. The lowest BCUT2D eigenvalue weighted by molar-refractivity contribution is -0.137. The molecule has 0 heterocycles. The van der Waals surface area contributed by atoms with Crippen molar-refractivity contribution in [3.8, 4) is 11.5 Å². The van der Waals surface area contributed by atoms with Crippen molar-refractivity contribution >= 4 is 5.97 Å². The van der Waals surface area contributed by atoms with Gasteiger partial charge in [0.05, 0.1) is 13.2 Å². The highest BCUT2D eigenvalue weighted by atomic mass is 16.5. The van der Waals surface area contributed by atoms with Crippen LogP contribution >= 0.6 is 0 Å². The maximum Gasteiger partial charge on any atom is 0.303 e. The SMILES string of the molecule is COc1cccc(C(N)CCC(=O)O)c1OC1CC1. The molecule has 0 aliphatic heterocycles. The van der Waals surface area contributed by atoms with Crippen LogP contribution in [0.25, 0.3) is 0 Å². The lowest BCUT2D eigenvalue weighted by atomic mass is 10.0. The normalized spacial score (nSPS) is 15.9. The van der Waals surface area contributed by atoms with E-state index < -0.39 is 5.97 Å². The van der Waals surface area contributed by atoms with E-state index >= 15 is 0 Å². The average molecular weight is 265 g/mol. The first-order chi connectivity index (χ1) is 9.11. The first kappa shape index (κ1) is 13.7. The Morgan fingerprint density at radius 2 is 2.26 bits per heavy atom. The van der Waals surface area contributed by atoms with Gasteiger partial charge in [-0.3, -0.25) is 4.79 Å². The molecule has 2 rings (SSSR count). The number of nitrogens with two attached hydrogens (primary N) is 1. The zero-order valence-corrected chi connectivity index (χ0v) is 11.0. The molecule has 1 aromatic carbocycles. The van der Waals surface area contributed by atoms with Crippen molar-refractivity contribution in [1.82, 2.24) is 0 Å². The van der Waals surface area contributed by atoms with Gasteiger partial charge >= 0.3 is 5.97 Å². The molecule has 104 valence electrons. The summed E-state index contributed by atoms with van der Waals surface area (Å²) in [6, 6.07) is 5.17. The molecule has 1 fully saturated rings. The second kappa shape index (κ2) is 5.93. The van der Waals surface area contributed by atoms with Crippen LogP contribution in [0.2, 0.25) is 0 Å². The van der Waals surface area contributed by atoms with E-state index in [9.17, 15) is 4.79 Å². The maximum atomic E-state index is 10.6. The zero-order chi connectivity index (χ0) is 13.8. The van der Waals surface area contributed by atoms with Gasteiger partial charge in [0, 0.05) is 18.0 Å². The topological polar surface area (TPSA) is 81.8 Å². The first-order valence-electron chi connectivity index (χ1n) is 6.42. The highest BCUT2D eigenvalue weighted by Crippen LogP contribution is 2.39. The molecule has 0 bridgehead atoms. The highest BCUT2D eigenvalue weighted by Gasteiger charge is 2.27. The molecule has 1 unspecified atom stereocenters. The van der Waals surface area contributed by atoms with Crippen LogP contribution < -0.4 is 15.2 Å². The zero-order valence-electron chi connectivity index (χ0n) is 11.0. The average Bonchev–Trinajstić information content (AvgIpc) is 3.20. The fourth-order valence-electron chi connectivity index (χ4n) is 1.90. The van der Waals surface area contributed by atoms with Crippen LogP contribution in [0, 0.1) is 0 Å². The number of methoxy groups -OCH3 is 1. The summed E-state index contributed by atoms with van der Waals surface area (Å²) in [5, 5.41) is 8.72. The van der Waals surface area contributed by atoms with Crippen LogP contribution in [0.5, 0.6) is 11.5 Å². The predicted molar refractivity (Wildman–Crippen MR) is 70.4 cm³/mol. The van der Waals surface area contributed by atoms with Gasteiger partial charge in [-0.1, -0.05) is 12.1 Å². The monoisotopic (exact) mass is 265 g/mol. The quantitative estimate of drug-likeness (QED) is 0.789. The number of benzene rings is 1. The highest BCUT2D eigenvalue weighted by molar-refractivity contribution is 5.66. The molecule has 0 spiro atoms. The number of hydrogen-bond acceptors (Lipinski definition) is 4. The Hall–Kier alpha value is -1.75. The van der Waals surface area contributed by atoms with Gasteiger partial charge in [0.1, 0.15) is 0 Å². The predicted octanol–water partition coefficient (Wildman–Crippen LogP) is 2.10. The lowest BCUT2D eigenvalue weighted by Gasteiger charge is -2.18. The van der Waals surface area contributed by atoms with Gasteiger partial charge in [0.15, 0.2) is 11.5 Å². The van der Waals surface area contributed by atoms with Crippen LogP contribution in [0.3, 0.4) is 0 Å². The maximum absolute atomic E-state index is 10.6. The smallest absolute Gasteiger partial charge is 0.303 e. The number of hydrogen-bond donors (Lipinski definition) is 2. The molecule has 1 aliphatic carbocycles. The van der Waals surface area contributed by atoms with Crippen molar-refractivity contribution in [1.29, 1.82) is 0 Å². The van der Waals surface area contributed by atoms with E-state index in [1.807, 2.05) is 18.2 Å². The second-order valence-electron chi connectivity index (χ2n) is 4.73. The van der Waals surface area contributed by atoms with Gasteiger partial charge in [0.25, 0.3) is 0 Å². The fourth-order valence-corrected chi connectivity index (χ4v) is 1.90. The van der Waals surface area contributed by atoms with E-state index in [1.54, 1.807) is 7.11 Å². The summed E-state index contributed by atoms with van der Waals surface area (Å²) >= 11 is 0. The number of ether oxygens (including phenoxy) is 2. The Morgan fingerprint density at radius 1 is 1.53 bits per heavy atom. The Balaban J connectivity index is 2.18. The minimum Gasteiger partial charge on any atom is -0.493 e. The third kappa shape index (κ3) is 3.61. The molecule has 1 aliphatic rings. The summed E-state index contributed by atoms with van der Waals surface area (Å²) < 4.78 is 11.1. The molecular weight excluding hydrogens is 246 g/mol. The van der Waals surface area contributed by atoms with Crippen molar-refractivity contribution in [2.75, 3.05) is 7.11 Å². The molecule has 1 aromatic rings. The summed E-state index contributed by atoms with van der Waals surface area (Å²) in [5.41, 5.74) is 6.88. The van der Waals surface area contributed by atoms with Crippen LogP contribution in [0.1, 0.15) is 37.3 Å². The molecular formula is C14H19NO4. The Labute approximate surface area is 112 Å². The second-order valence-corrected chi connectivity index (χ2v) is 4.73.